The molecule has 0 aliphatic heterocycles. The monoisotopic (exact) mass is 414 g/mol. The van der Waals surface area contributed by atoms with Crippen molar-refractivity contribution in [2.75, 3.05) is 0 Å². The number of alkyl halides is 3. The van der Waals surface area contributed by atoms with Crippen molar-refractivity contribution in [2.45, 2.75) is 70.4 Å². The fraction of sp³-hybridized carbons (Fsp3) is 0.500. The van der Waals surface area contributed by atoms with Gasteiger partial charge in [-0.3, -0.25) is 9.89 Å². The number of aromatic amines is 1. The van der Waals surface area contributed by atoms with E-state index in [2.05, 4.69) is 24.0 Å². The molecule has 1 aromatic heterocycles. The second kappa shape index (κ2) is 6.08. The molecule has 2 aromatic rings. The van der Waals surface area contributed by atoms with Gasteiger partial charge in [-0.25, -0.2) is 0 Å². The Morgan fingerprint density at radius 2 is 1.87 bits per heavy atom. The number of halogens is 3. The van der Waals surface area contributed by atoms with Crippen LogP contribution in [0.3, 0.4) is 0 Å². The highest BCUT2D eigenvalue weighted by atomic mass is 19.4. The number of H-pyrrole nitrogens is 1. The molecule has 30 heavy (non-hydrogen) atoms. The standard InChI is InChI=1S/C24H25F3N2O/c1-22(2)11-14-9-17-20(21(29-28-17)13-7-8-13)23(3,19(14)18(30)12-22)15-5-4-6-16(10-15)24(25,26)27/h4-6,10,13H,7-9,11-12H2,1-3H3,(H,28,29)/t23-/m0/s1. The summed E-state index contributed by atoms with van der Waals surface area (Å²) < 4.78 is 40.6. The van der Waals surface area contributed by atoms with Crippen molar-refractivity contribution in [3.63, 3.8) is 0 Å². The number of nitrogens with one attached hydrogen (secondary N) is 1. The number of Topliss-reactive ketones (excluding diaryl/α,β-unsaturated/α-hetero) is 1. The van der Waals surface area contributed by atoms with E-state index in [-0.39, 0.29) is 11.2 Å². The number of hydrogen-bond acceptors (Lipinski definition) is 2. The fourth-order valence-electron chi connectivity index (χ4n) is 5.60. The molecule has 0 unspecified atom stereocenters. The second-order valence-corrected chi connectivity index (χ2v) is 10.0. The average molecular weight is 414 g/mol. The number of ketones is 1. The maximum Gasteiger partial charge on any atom is 0.416 e. The van der Waals surface area contributed by atoms with Crippen LogP contribution >= 0.6 is 0 Å². The predicted molar refractivity (Wildman–Crippen MR) is 107 cm³/mol. The van der Waals surface area contributed by atoms with Crippen LogP contribution in [0.1, 0.15) is 80.5 Å². The highest BCUT2D eigenvalue weighted by molar-refractivity contribution is 6.01. The Balaban J connectivity index is 1.78. The molecule has 1 fully saturated rings. The number of carbonyl (C=O) groups is 1. The molecular formula is C24H25F3N2O. The van der Waals surface area contributed by atoms with Crippen molar-refractivity contribution in [3.8, 4) is 0 Å². The second-order valence-electron chi connectivity index (χ2n) is 10.0. The van der Waals surface area contributed by atoms with Gasteiger partial charge in [0.2, 0.25) is 0 Å². The fourth-order valence-corrected chi connectivity index (χ4v) is 5.60. The first kappa shape index (κ1) is 19.6. The van der Waals surface area contributed by atoms with E-state index in [4.69, 9.17) is 0 Å². The molecule has 3 nitrogen and oxygen atoms in total. The Bertz CT molecular complexity index is 1090. The zero-order chi connectivity index (χ0) is 21.5. The molecule has 3 aliphatic rings. The van der Waals surface area contributed by atoms with Crippen LogP contribution in [-0.4, -0.2) is 16.0 Å². The molecule has 6 heteroatoms. The Labute approximate surface area is 173 Å². The first-order valence-electron chi connectivity index (χ1n) is 10.5. The molecule has 5 rings (SSSR count). The molecule has 1 atom stereocenters. The molecule has 0 radical (unpaired) electrons. The van der Waals surface area contributed by atoms with Gasteiger partial charge in [-0.15, -0.1) is 0 Å². The smallest absolute Gasteiger partial charge is 0.294 e. The van der Waals surface area contributed by atoms with Crippen LogP contribution in [0.5, 0.6) is 0 Å². The van der Waals surface area contributed by atoms with E-state index < -0.39 is 17.2 Å². The van der Waals surface area contributed by atoms with E-state index in [9.17, 15) is 18.0 Å². The number of fused-ring (bicyclic) bond motifs is 1. The van der Waals surface area contributed by atoms with Crippen LogP contribution in [0, 0.1) is 5.41 Å². The first-order valence-corrected chi connectivity index (χ1v) is 10.5. The summed E-state index contributed by atoms with van der Waals surface area (Å²) in [5, 5.41) is 7.76. The van der Waals surface area contributed by atoms with Crippen LogP contribution in [0.25, 0.3) is 0 Å². The van der Waals surface area contributed by atoms with Crippen LogP contribution in [0.15, 0.2) is 35.4 Å². The molecule has 0 spiro atoms. The van der Waals surface area contributed by atoms with E-state index >= 15 is 0 Å². The number of benzene rings is 1. The molecule has 1 aromatic carbocycles. The van der Waals surface area contributed by atoms with Crippen molar-refractivity contribution in [1.29, 1.82) is 0 Å². The van der Waals surface area contributed by atoms with Crippen LogP contribution in [0.2, 0.25) is 0 Å². The molecule has 0 bridgehead atoms. The van der Waals surface area contributed by atoms with Gasteiger partial charge in [0.15, 0.2) is 5.78 Å². The Hall–Kier alpha value is -2.37. The van der Waals surface area contributed by atoms with E-state index in [1.807, 2.05) is 6.92 Å². The Morgan fingerprint density at radius 3 is 2.53 bits per heavy atom. The summed E-state index contributed by atoms with van der Waals surface area (Å²) in [6.07, 6.45) is -0.582. The SMILES string of the molecule is CC1(C)CC(=O)C2=C(Cc3[nH]nc(C4CC4)c3[C@@]2(C)c2cccc(C(F)(F)F)c2)C1. The summed E-state index contributed by atoms with van der Waals surface area (Å²) in [6.45, 7) is 6.08. The Morgan fingerprint density at radius 1 is 1.13 bits per heavy atom. The van der Waals surface area contributed by atoms with Gasteiger partial charge in [0.05, 0.1) is 11.3 Å². The van der Waals surface area contributed by atoms with Crippen molar-refractivity contribution in [2.24, 2.45) is 5.41 Å². The molecule has 3 aliphatic carbocycles. The summed E-state index contributed by atoms with van der Waals surface area (Å²) in [4.78, 5) is 13.4. The zero-order valence-electron chi connectivity index (χ0n) is 17.4. The highest BCUT2D eigenvalue weighted by Gasteiger charge is 2.51. The largest absolute Gasteiger partial charge is 0.416 e. The van der Waals surface area contributed by atoms with E-state index in [1.54, 1.807) is 6.07 Å². The lowest BCUT2D eigenvalue weighted by Gasteiger charge is -2.44. The highest BCUT2D eigenvalue weighted by Crippen LogP contribution is 2.55. The molecule has 0 amide bonds. The number of aromatic nitrogens is 2. The number of nitrogens with zero attached hydrogens (tertiary/aromatic N) is 1. The van der Waals surface area contributed by atoms with E-state index in [0.29, 0.717) is 29.9 Å². The minimum Gasteiger partial charge on any atom is -0.294 e. The van der Waals surface area contributed by atoms with Crippen LogP contribution in [0.4, 0.5) is 13.2 Å². The lowest BCUT2D eigenvalue weighted by Crippen LogP contribution is -2.41. The molecule has 158 valence electrons. The van der Waals surface area contributed by atoms with E-state index in [1.165, 1.54) is 12.1 Å². The van der Waals surface area contributed by atoms with Crippen LogP contribution in [-0.2, 0) is 22.8 Å². The van der Waals surface area contributed by atoms with Gasteiger partial charge in [0, 0.05) is 41.0 Å². The predicted octanol–water partition coefficient (Wildman–Crippen LogP) is 5.85. The first-order chi connectivity index (χ1) is 14.0. The van der Waals surface area contributed by atoms with E-state index in [0.717, 1.165) is 47.9 Å². The zero-order valence-corrected chi connectivity index (χ0v) is 17.4. The third-order valence-corrected chi connectivity index (χ3v) is 6.95. The number of carbonyl (C=O) groups excluding carboxylic acids is 1. The third-order valence-electron chi connectivity index (χ3n) is 6.95. The van der Waals surface area contributed by atoms with Gasteiger partial charge in [-0.2, -0.15) is 18.3 Å². The van der Waals surface area contributed by atoms with Gasteiger partial charge < -0.3 is 0 Å². The minimum atomic E-state index is -4.44. The quantitative estimate of drug-likeness (QED) is 0.670. The maximum absolute atomic E-state index is 13.5. The number of rotatable bonds is 2. The van der Waals surface area contributed by atoms with Gasteiger partial charge >= 0.3 is 6.18 Å². The Kier molecular flexibility index (Phi) is 3.97. The normalized spacial score (nSPS) is 25.9. The van der Waals surface area contributed by atoms with Gasteiger partial charge in [0.25, 0.3) is 0 Å². The third kappa shape index (κ3) is 2.87. The van der Waals surface area contributed by atoms with Gasteiger partial charge in [0.1, 0.15) is 0 Å². The van der Waals surface area contributed by atoms with Crippen LogP contribution < -0.4 is 0 Å². The van der Waals surface area contributed by atoms with Crippen molar-refractivity contribution in [1.82, 2.24) is 10.2 Å². The summed E-state index contributed by atoms with van der Waals surface area (Å²) >= 11 is 0. The number of hydrogen-bond donors (Lipinski definition) is 1. The average Bonchev–Trinajstić information content (AvgIpc) is 3.39. The van der Waals surface area contributed by atoms with Crippen molar-refractivity contribution < 1.29 is 18.0 Å². The van der Waals surface area contributed by atoms with Gasteiger partial charge in [-0.05, 0) is 43.2 Å². The van der Waals surface area contributed by atoms with Crippen molar-refractivity contribution in [3.05, 3.63) is 63.5 Å². The molecule has 1 saturated carbocycles. The molecular weight excluding hydrogens is 389 g/mol. The lowest BCUT2D eigenvalue weighted by molar-refractivity contribution is -0.137. The number of allylic oxidation sites excluding steroid dienone is 2. The summed E-state index contributed by atoms with van der Waals surface area (Å²) in [7, 11) is 0. The van der Waals surface area contributed by atoms with Crippen molar-refractivity contribution >= 4 is 5.78 Å². The molecule has 1 N–H and O–H groups in total. The minimum absolute atomic E-state index is 0.0507. The lowest BCUT2D eigenvalue weighted by atomic mass is 9.58. The topological polar surface area (TPSA) is 45.8 Å². The molecule has 1 heterocycles. The summed E-state index contributed by atoms with van der Waals surface area (Å²) in [5.74, 6) is 0.377. The molecule has 0 saturated heterocycles. The van der Waals surface area contributed by atoms with Gasteiger partial charge in [-0.1, -0.05) is 37.6 Å². The maximum atomic E-state index is 13.5. The summed E-state index contributed by atoms with van der Waals surface area (Å²) in [6, 6.07) is 5.49. The summed E-state index contributed by atoms with van der Waals surface area (Å²) in [5.41, 5.74) is 3.28.